The molecule has 0 saturated carbocycles. The molecule has 1 saturated heterocycles. The number of fused-ring (bicyclic) bond motifs is 1. The third-order valence-electron chi connectivity index (χ3n) is 5.04. The van der Waals surface area contributed by atoms with Crippen LogP contribution < -0.4 is 5.56 Å². The zero-order chi connectivity index (χ0) is 18.0. The fourth-order valence-corrected chi connectivity index (χ4v) is 3.96. The van der Waals surface area contributed by atoms with E-state index in [0.29, 0.717) is 33.8 Å². The Balaban J connectivity index is 2.01. The van der Waals surface area contributed by atoms with Crippen LogP contribution in [0.5, 0.6) is 0 Å². The number of aromatic nitrogens is 2. The normalized spacial score (nSPS) is 17.8. The van der Waals surface area contributed by atoms with Gasteiger partial charge in [0.1, 0.15) is 0 Å². The number of hydrogen-bond donors (Lipinski definition) is 1. The van der Waals surface area contributed by atoms with Gasteiger partial charge in [-0.1, -0.05) is 13.8 Å². The largest absolute Gasteiger partial charge is 0.336 e. The number of piperidine rings is 1. The second-order valence-electron chi connectivity index (χ2n) is 6.70. The molecule has 1 aliphatic heterocycles. The molecule has 1 aromatic carbocycles. The first-order valence-corrected chi connectivity index (χ1v) is 9.55. The maximum Gasteiger partial charge on any atom is 0.262 e. The molecule has 1 aromatic heterocycles. The first kappa shape index (κ1) is 17.9. The Morgan fingerprint density at radius 2 is 2.12 bits per heavy atom. The van der Waals surface area contributed by atoms with Crippen LogP contribution >= 0.6 is 12.2 Å². The van der Waals surface area contributed by atoms with E-state index in [-0.39, 0.29) is 11.5 Å². The molecule has 1 fully saturated rings. The molecule has 1 unspecified atom stereocenters. The second kappa shape index (κ2) is 7.52. The summed E-state index contributed by atoms with van der Waals surface area (Å²) >= 11 is 5.32. The average molecular weight is 359 g/mol. The second-order valence-corrected chi connectivity index (χ2v) is 7.09. The first-order valence-electron chi connectivity index (χ1n) is 9.14. The maximum atomic E-state index is 13.0. The summed E-state index contributed by atoms with van der Waals surface area (Å²) in [7, 11) is 0. The molecule has 2 aromatic rings. The number of nitrogens with zero attached hydrogens (tertiary/aromatic N) is 2. The zero-order valence-corrected chi connectivity index (χ0v) is 15.7. The monoisotopic (exact) mass is 359 g/mol. The number of benzene rings is 1. The van der Waals surface area contributed by atoms with Gasteiger partial charge in [0.25, 0.3) is 11.5 Å². The standard InChI is InChI=1S/C19H25N3O2S/c1-3-10-22-18(24)15-9-8-13(12-16(15)20-19(22)25)17(23)21-11-6-5-7-14(21)4-2/h8-9,12,14H,3-7,10-11H2,1-2H3,(H,20,25). The molecular formula is C19H25N3O2S. The first-order chi connectivity index (χ1) is 12.1. The molecule has 5 nitrogen and oxygen atoms in total. The summed E-state index contributed by atoms with van der Waals surface area (Å²) in [5.41, 5.74) is 1.16. The van der Waals surface area contributed by atoms with Crippen molar-refractivity contribution in [3.05, 3.63) is 38.9 Å². The van der Waals surface area contributed by atoms with Gasteiger partial charge in [-0.25, -0.2) is 0 Å². The van der Waals surface area contributed by atoms with E-state index in [0.717, 1.165) is 32.2 Å². The molecule has 0 bridgehead atoms. The van der Waals surface area contributed by atoms with E-state index in [9.17, 15) is 9.59 Å². The molecule has 1 amide bonds. The molecule has 134 valence electrons. The van der Waals surface area contributed by atoms with E-state index in [2.05, 4.69) is 11.9 Å². The number of carbonyl (C=O) groups is 1. The zero-order valence-electron chi connectivity index (χ0n) is 14.9. The molecule has 0 radical (unpaired) electrons. The van der Waals surface area contributed by atoms with Crippen LogP contribution in [-0.4, -0.2) is 32.9 Å². The van der Waals surface area contributed by atoms with Gasteiger partial charge in [-0.3, -0.25) is 14.2 Å². The smallest absolute Gasteiger partial charge is 0.262 e. The summed E-state index contributed by atoms with van der Waals surface area (Å²) in [6.07, 6.45) is 5.13. The molecule has 2 heterocycles. The summed E-state index contributed by atoms with van der Waals surface area (Å²) in [6, 6.07) is 5.59. The van der Waals surface area contributed by atoms with E-state index in [4.69, 9.17) is 12.2 Å². The van der Waals surface area contributed by atoms with Crippen LogP contribution in [0.3, 0.4) is 0 Å². The number of rotatable bonds is 4. The van der Waals surface area contributed by atoms with Gasteiger partial charge < -0.3 is 9.88 Å². The van der Waals surface area contributed by atoms with Crippen molar-refractivity contribution in [1.29, 1.82) is 0 Å². The van der Waals surface area contributed by atoms with Crippen LogP contribution in [-0.2, 0) is 6.54 Å². The molecule has 0 aliphatic carbocycles. The Hall–Kier alpha value is -1.95. The molecular weight excluding hydrogens is 334 g/mol. The lowest BCUT2D eigenvalue weighted by atomic mass is 9.98. The number of nitrogens with one attached hydrogen (secondary N) is 1. The minimum atomic E-state index is -0.0935. The van der Waals surface area contributed by atoms with E-state index in [1.165, 1.54) is 6.42 Å². The molecule has 1 aliphatic rings. The Morgan fingerprint density at radius 3 is 2.84 bits per heavy atom. The fraction of sp³-hybridized carbons (Fsp3) is 0.526. The van der Waals surface area contributed by atoms with E-state index >= 15 is 0 Å². The van der Waals surface area contributed by atoms with Crippen molar-refractivity contribution >= 4 is 29.0 Å². The summed E-state index contributed by atoms with van der Waals surface area (Å²) in [5, 5.41) is 0.573. The highest BCUT2D eigenvalue weighted by Gasteiger charge is 2.26. The van der Waals surface area contributed by atoms with Gasteiger partial charge in [0.15, 0.2) is 4.77 Å². The van der Waals surface area contributed by atoms with Crippen molar-refractivity contribution in [2.24, 2.45) is 0 Å². The molecule has 1 atom stereocenters. The highest BCUT2D eigenvalue weighted by Crippen LogP contribution is 2.22. The van der Waals surface area contributed by atoms with E-state index in [1.807, 2.05) is 11.8 Å². The highest BCUT2D eigenvalue weighted by atomic mass is 32.1. The van der Waals surface area contributed by atoms with E-state index in [1.54, 1.807) is 22.8 Å². The highest BCUT2D eigenvalue weighted by molar-refractivity contribution is 7.71. The van der Waals surface area contributed by atoms with Gasteiger partial charge in [0, 0.05) is 24.7 Å². The summed E-state index contributed by atoms with van der Waals surface area (Å²) in [4.78, 5) is 30.7. The number of hydrogen-bond acceptors (Lipinski definition) is 3. The van der Waals surface area contributed by atoms with Gasteiger partial charge >= 0.3 is 0 Å². The Morgan fingerprint density at radius 1 is 1.32 bits per heavy atom. The quantitative estimate of drug-likeness (QED) is 0.843. The third-order valence-corrected chi connectivity index (χ3v) is 5.36. The fourth-order valence-electron chi connectivity index (χ4n) is 3.67. The van der Waals surface area contributed by atoms with Crippen molar-refractivity contribution in [2.45, 2.75) is 58.5 Å². The van der Waals surface area contributed by atoms with Crippen LogP contribution in [0.4, 0.5) is 0 Å². The molecule has 0 spiro atoms. The summed E-state index contributed by atoms with van der Waals surface area (Å²) in [6.45, 7) is 5.54. The van der Waals surface area contributed by atoms with Crippen LogP contribution in [0.1, 0.15) is 56.3 Å². The topological polar surface area (TPSA) is 58.1 Å². The van der Waals surface area contributed by atoms with Gasteiger partial charge in [-0.05, 0) is 62.5 Å². The Bertz CT molecular complexity index is 900. The van der Waals surface area contributed by atoms with Crippen molar-refractivity contribution in [3.8, 4) is 0 Å². The van der Waals surface area contributed by atoms with Gasteiger partial charge in [-0.15, -0.1) is 0 Å². The number of likely N-dealkylation sites (tertiary alicyclic amines) is 1. The molecule has 3 rings (SSSR count). The Kier molecular flexibility index (Phi) is 5.37. The van der Waals surface area contributed by atoms with Crippen molar-refractivity contribution in [2.75, 3.05) is 6.54 Å². The van der Waals surface area contributed by atoms with E-state index < -0.39 is 0 Å². The van der Waals surface area contributed by atoms with Crippen molar-refractivity contribution < 1.29 is 4.79 Å². The van der Waals surface area contributed by atoms with Crippen LogP contribution in [0.15, 0.2) is 23.0 Å². The lowest BCUT2D eigenvalue weighted by molar-refractivity contribution is 0.0608. The predicted molar refractivity (Wildman–Crippen MR) is 103 cm³/mol. The number of aromatic amines is 1. The average Bonchev–Trinajstić information content (AvgIpc) is 2.64. The van der Waals surface area contributed by atoms with Crippen molar-refractivity contribution in [1.82, 2.24) is 14.5 Å². The minimum Gasteiger partial charge on any atom is -0.336 e. The predicted octanol–water partition coefficient (Wildman–Crippen LogP) is 3.87. The molecule has 25 heavy (non-hydrogen) atoms. The minimum absolute atomic E-state index is 0.0468. The number of H-pyrrole nitrogens is 1. The van der Waals surface area contributed by atoms with Gasteiger partial charge in [0.05, 0.1) is 10.9 Å². The Labute approximate surface area is 152 Å². The maximum absolute atomic E-state index is 13.0. The van der Waals surface area contributed by atoms with Crippen LogP contribution in [0.25, 0.3) is 10.9 Å². The van der Waals surface area contributed by atoms with Gasteiger partial charge in [-0.2, -0.15) is 0 Å². The van der Waals surface area contributed by atoms with Gasteiger partial charge in [0.2, 0.25) is 0 Å². The molecule has 1 N–H and O–H groups in total. The number of carbonyl (C=O) groups excluding carboxylic acids is 1. The molecule has 6 heteroatoms. The SMILES string of the molecule is CCCn1c(=S)[nH]c2cc(C(=O)N3CCCCC3CC)ccc2c1=O. The van der Waals surface area contributed by atoms with Crippen LogP contribution in [0.2, 0.25) is 0 Å². The van der Waals surface area contributed by atoms with Crippen LogP contribution in [0, 0.1) is 4.77 Å². The summed E-state index contributed by atoms with van der Waals surface area (Å²) in [5.74, 6) is 0.0468. The lowest BCUT2D eigenvalue weighted by Crippen LogP contribution is -2.43. The number of amides is 1. The third kappa shape index (κ3) is 3.40. The summed E-state index contributed by atoms with van der Waals surface area (Å²) < 4.78 is 1.99. The van der Waals surface area contributed by atoms with Crippen molar-refractivity contribution in [3.63, 3.8) is 0 Å². The lowest BCUT2D eigenvalue weighted by Gasteiger charge is -2.35.